The van der Waals surface area contributed by atoms with Crippen LogP contribution in [0.15, 0.2) is 54.6 Å². The Balaban J connectivity index is 1.76. The molecule has 0 spiro atoms. The van der Waals surface area contributed by atoms with E-state index in [1.54, 1.807) is 51.6 Å². The molecule has 2 aromatic carbocycles. The number of methoxy groups -OCH3 is 3. The van der Waals surface area contributed by atoms with Crippen LogP contribution in [-0.2, 0) is 65.4 Å². The lowest BCUT2D eigenvalue weighted by Gasteiger charge is -2.41. The number of rotatable bonds is 36. The van der Waals surface area contributed by atoms with Crippen molar-refractivity contribution in [3.05, 3.63) is 65.7 Å². The molecule has 1 heterocycles. The molecule has 1 saturated heterocycles. The first-order valence-electron chi connectivity index (χ1n) is 32.0. The van der Waals surface area contributed by atoms with Gasteiger partial charge in [0, 0.05) is 60.1 Å². The largest absolute Gasteiger partial charge is 0.467 e. The molecule has 506 valence electrons. The molecular weight excluding hydrogens is 1150 g/mol. The van der Waals surface area contributed by atoms with Crippen molar-refractivity contribution in [2.45, 2.75) is 207 Å². The Hall–Kier alpha value is -6.85. The Morgan fingerprint density at radius 2 is 1.36 bits per heavy atom. The molecule has 90 heavy (non-hydrogen) atoms. The summed E-state index contributed by atoms with van der Waals surface area (Å²) in [6.07, 6.45) is 1.94. The van der Waals surface area contributed by atoms with Crippen molar-refractivity contribution in [1.29, 1.82) is 0 Å². The van der Waals surface area contributed by atoms with Gasteiger partial charge >= 0.3 is 18.1 Å². The lowest BCUT2D eigenvalue weighted by molar-refractivity contribution is -0.149. The molecule has 2 aromatic rings. The molecule has 3 rings (SSSR count). The molecule has 0 unspecified atom stereocenters. The number of primary amides is 1. The predicted molar refractivity (Wildman–Crippen MR) is 348 cm³/mol. The molecular formula is C67H110N10O13. The highest BCUT2D eigenvalue weighted by molar-refractivity contribution is 5.99. The average Bonchev–Trinajstić information content (AvgIpc) is 1.54. The number of urea groups is 1. The summed E-state index contributed by atoms with van der Waals surface area (Å²) < 4.78 is 22.6. The van der Waals surface area contributed by atoms with E-state index in [1.165, 1.54) is 26.2 Å². The predicted octanol–water partition coefficient (Wildman–Crippen LogP) is 6.37. The second-order valence-electron chi connectivity index (χ2n) is 26.3. The van der Waals surface area contributed by atoms with Gasteiger partial charge in [0.15, 0.2) is 0 Å². The van der Waals surface area contributed by atoms with Crippen LogP contribution >= 0.6 is 0 Å². The molecule has 11 atom stereocenters. The molecule has 23 nitrogen and oxygen atoms in total. The van der Waals surface area contributed by atoms with E-state index < -0.39 is 95.9 Å². The van der Waals surface area contributed by atoms with Crippen LogP contribution in [0.5, 0.6) is 0 Å². The first kappa shape index (κ1) is 77.4. The Bertz CT molecular complexity index is 2620. The molecule has 1 aliphatic rings. The summed E-state index contributed by atoms with van der Waals surface area (Å²) in [6, 6.07) is 10.6. The van der Waals surface area contributed by atoms with Gasteiger partial charge in [0.05, 0.1) is 49.8 Å². The fourth-order valence-electron chi connectivity index (χ4n) is 11.8. The molecule has 23 heteroatoms. The summed E-state index contributed by atoms with van der Waals surface area (Å²) in [5, 5.41) is 14.1. The molecule has 7 N–H and O–H groups in total. The number of nitrogens with zero attached hydrogens (tertiary/aromatic N) is 4. The highest BCUT2D eigenvalue weighted by Gasteiger charge is 2.44. The van der Waals surface area contributed by atoms with Gasteiger partial charge in [0.25, 0.3) is 0 Å². The van der Waals surface area contributed by atoms with Gasteiger partial charge in [-0.2, -0.15) is 0 Å². The quantitative estimate of drug-likeness (QED) is 0.0319. The van der Waals surface area contributed by atoms with E-state index in [0.717, 1.165) is 11.1 Å². The van der Waals surface area contributed by atoms with Gasteiger partial charge in [-0.15, -0.1) is 0 Å². The number of ether oxygens (including phenoxy) is 4. The molecule has 0 saturated carbocycles. The maximum absolute atomic E-state index is 14.9. The number of hydrogen-bond acceptors (Lipinski definition) is 14. The fourth-order valence-corrected chi connectivity index (χ4v) is 11.8. The van der Waals surface area contributed by atoms with Gasteiger partial charge in [-0.3, -0.25) is 33.7 Å². The number of hydrogen-bond donors (Lipinski definition) is 6. The summed E-state index contributed by atoms with van der Waals surface area (Å²) in [7, 11) is 9.52. The summed E-state index contributed by atoms with van der Waals surface area (Å²) in [5.74, 6) is -4.08. The zero-order chi connectivity index (χ0) is 67.7. The van der Waals surface area contributed by atoms with Crippen molar-refractivity contribution in [1.82, 2.24) is 41.3 Å². The van der Waals surface area contributed by atoms with Crippen LogP contribution in [0.1, 0.15) is 146 Å². The van der Waals surface area contributed by atoms with Crippen LogP contribution in [-0.4, -0.2) is 190 Å². The molecule has 0 bridgehead atoms. The van der Waals surface area contributed by atoms with E-state index in [1.807, 2.05) is 122 Å². The van der Waals surface area contributed by atoms with Crippen LogP contribution in [0.2, 0.25) is 0 Å². The Kier molecular flexibility index (Phi) is 32.2. The SMILES string of the molecule is CC[C@H](C)[C@@H]([C@@H](CC(=O)N1CCC[C@H]1[C@H](OC)[C@@H](C)C(=O)N[C@@H](Cc1ccccc1)C(=O)OC)OC)N(C)C(=O)[C@@H](NC(=O)[C@H](C(C)C)N(C)CCc1ccc(N(C)C(=O)[C@H](CCCCNC(N)=O)NC(=O)[C@H](CC(C)C)NC(=O)OC(C)(C)C)cc1)C(C)C. The second kappa shape index (κ2) is 37.5. The summed E-state index contributed by atoms with van der Waals surface area (Å²) in [5.41, 5.74) is 6.81. The number of amides is 9. The van der Waals surface area contributed by atoms with Gasteiger partial charge in [-0.1, -0.05) is 111 Å². The Morgan fingerprint density at radius 3 is 1.90 bits per heavy atom. The summed E-state index contributed by atoms with van der Waals surface area (Å²) in [6.45, 7) is 23.6. The number of benzene rings is 2. The number of nitrogens with two attached hydrogens (primary N) is 1. The molecule has 1 aliphatic heterocycles. The van der Waals surface area contributed by atoms with Crippen LogP contribution < -0.4 is 37.2 Å². The second-order valence-corrected chi connectivity index (χ2v) is 26.3. The number of unbranched alkanes of at least 4 members (excludes halogenated alkanes) is 1. The molecule has 0 radical (unpaired) electrons. The van der Waals surface area contributed by atoms with Gasteiger partial charge in [-0.05, 0) is 120 Å². The van der Waals surface area contributed by atoms with Crippen LogP contribution in [0.4, 0.5) is 15.3 Å². The maximum atomic E-state index is 14.9. The maximum Gasteiger partial charge on any atom is 0.408 e. The number of anilines is 1. The number of carbonyl (C=O) groups is 9. The summed E-state index contributed by atoms with van der Waals surface area (Å²) >= 11 is 0. The zero-order valence-corrected chi connectivity index (χ0v) is 57.1. The molecule has 9 amide bonds. The standard InChI is InChI=1S/C67H110N10O13/c1-19-44(8)57(53(87-16)40-54(78)77-36-25-29-52(77)58(88-17)45(9)59(79)71-51(64(84)89-18)39-47-26-21-20-22-27-47)76(15)63(83)55(42(4)5)73-61(81)56(43(6)7)74(13)37-34-46-30-32-48(33-31-46)75(14)62(82)49(28-23-24-35-69-65(68)85)70-60(80)50(38-41(2)3)72-66(86)90-67(10,11)12/h20-22,26-27,30-33,41-45,49-53,55-58H,19,23-25,28-29,34-40H2,1-18H3,(H,70,80)(H,71,79)(H,72,86)(H,73,81)(H3,68,69,85)/t44-,45+,49-,50-,51-,52-,53+,55-,56-,57-,58+/m0/s1. The summed E-state index contributed by atoms with van der Waals surface area (Å²) in [4.78, 5) is 130. The number of nitrogens with one attached hydrogen (secondary N) is 5. The van der Waals surface area contributed by atoms with Crippen molar-refractivity contribution >= 4 is 59.2 Å². The third-order valence-corrected chi connectivity index (χ3v) is 16.9. The number of alkyl carbamates (subject to hydrolysis) is 1. The van der Waals surface area contributed by atoms with Crippen LogP contribution in [0.3, 0.4) is 0 Å². The fraction of sp³-hybridized carbons (Fsp3) is 0.687. The van der Waals surface area contributed by atoms with Crippen molar-refractivity contribution < 1.29 is 62.1 Å². The molecule has 0 aromatic heterocycles. The van der Waals surface area contributed by atoms with Crippen molar-refractivity contribution in [2.75, 3.05) is 67.0 Å². The van der Waals surface area contributed by atoms with Crippen molar-refractivity contribution in [3.63, 3.8) is 0 Å². The van der Waals surface area contributed by atoms with Crippen molar-refractivity contribution in [2.24, 2.45) is 35.3 Å². The Morgan fingerprint density at radius 1 is 0.722 bits per heavy atom. The lowest BCUT2D eigenvalue weighted by atomic mass is 9.89. The number of likely N-dealkylation sites (N-methyl/N-ethyl adjacent to an activating group) is 3. The van der Waals surface area contributed by atoms with Crippen LogP contribution in [0, 0.1) is 29.6 Å². The topological polar surface area (TPSA) is 290 Å². The highest BCUT2D eigenvalue weighted by Crippen LogP contribution is 2.30. The Labute approximate surface area is 536 Å². The first-order chi connectivity index (χ1) is 42.3. The van der Waals surface area contributed by atoms with Gasteiger partial charge in [0.1, 0.15) is 29.8 Å². The third kappa shape index (κ3) is 24.1. The first-order valence-corrected chi connectivity index (χ1v) is 32.0. The number of esters is 1. The minimum Gasteiger partial charge on any atom is -0.467 e. The molecule has 0 aliphatic carbocycles. The minimum atomic E-state index is -0.977. The van der Waals surface area contributed by atoms with E-state index in [-0.39, 0.29) is 73.1 Å². The minimum absolute atomic E-state index is 0.0212. The van der Waals surface area contributed by atoms with Crippen molar-refractivity contribution in [3.8, 4) is 0 Å². The number of likely N-dealkylation sites (tertiary alicyclic amines) is 1. The third-order valence-electron chi connectivity index (χ3n) is 16.9. The van der Waals surface area contributed by atoms with Gasteiger partial charge in [-0.25, -0.2) is 14.4 Å². The van der Waals surface area contributed by atoms with E-state index in [4.69, 9.17) is 24.7 Å². The lowest BCUT2D eigenvalue weighted by Crippen LogP contribution is -2.60. The van der Waals surface area contributed by atoms with E-state index >= 15 is 0 Å². The van der Waals surface area contributed by atoms with Crippen LogP contribution in [0.25, 0.3) is 0 Å². The van der Waals surface area contributed by atoms with E-state index in [9.17, 15) is 43.2 Å². The highest BCUT2D eigenvalue weighted by atomic mass is 16.6. The average molecular weight is 1260 g/mol. The molecule has 1 fully saturated rings. The normalized spacial score (nSPS) is 16.8. The smallest absolute Gasteiger partial charge is 0.408 e. The van der Waals surface area contributed by atoms with Gasteiger partial charge in [0.2, 0.25) is 35.4 Å². The van der Waals surface area contributed by atoms with E-state index in [2.05, 4.69) is 26.6 Å². The zero-order valence-electron chi connectivity index (χ0n) is 57.1. The van der Waals surface area contributed by atoms with E-state index in [0.29, 0.717) is 63.7 Å². The number of carbonyl (C=O) groups excluding carboxylic acids is 9. The monoisotopic (exact) mass is 1260 g/mol. The van der Waals surface area contributed by atoms with Gasteiger partial charge < -0.3 is 66.0 Å².